The van der Waals surface area contributed by atoms with E-state index >= 15 is 8.78 Å². The number of ether oxygens (including phenoxy) is 1. The molecule has 5 rings (SSSR count). The molecular formula is C28H28F2N6O3S. The van der Waals surface area contributed by atoms with Crippen LogP contribution in [0.3, 0.4) is 0 Å². The Labute approximate surface area is 233 Å². The second kappa shape index (κ2) is 12.6. The predicted octanol–water partition coefficient (Wildman–Crippen LogP) is 4.93. The normalized spacial score (nSPS) is 17.2. The predicted molar refractivity (Wildman–Crippen MR) is 148 cm³/mol. The third-order valence-electron chi connectivity index (χ3n) is 6.61. The summed E-state index contributed by atoms with van der Waals surface area (Å²) in [7, 11) is 2.07. The number of halogens is 2. The third kappa shape index (κ3) is 6.48. The quantitative estimate of drug-likeness (QED) is 0.245. The van der Waals surface area contributed by atoms with E-state index < -0.39 is 34.7 Å². The van der Waals surface area contributed by atoms with Crippen LogP contribution in [0.5, 0.6) is 11.6 Å². The fourth-order valence-corrected chi connectivity index (χ4v) is 5.19. The molecule has 0 radical (unpaired) electrons. The number of pyridine rings is 1. The van der Waals surface area contributed by atoms with Crippen LogP contribution in [0, 0.1) is 11.6 Å². The van der Waals surface area contributed by atoms with Crippen molar-refractivity contribution < 1.29 is 22.3 Å². The minimum Gasteiger partial charge on any atom is -0.435 e. The van der Waals surface area contributed by atoms with Gasteiger partial charge in [-0.3, -0.25) is 4.55 Å². The summed E-state index contributed by atoms with van der Waals surface area (Å²) in [5.74, 6) is -2.38. The van der Waals surface area contributed by atoms with Crippen LogP contribution in [0.2, 0.25) is 0 Å². The molecular weight excluding hydrogens is 538 g/mol. The Morgan fingerprint density at radius 2 is 1.88 bits per heavy atom. The second-order valence-corrected chi connectivity index (χ2v) is 10.2. The molecule has 1 aliphatic rings. The molecule has 2 aromatic carbocycles. The van der Waals surface area contributed by atoms with Gasteiger partial charge in [-0.2, -0.15) is 4.39 Å². The molecule has 3 N–H and O–H groups in total. The zero-order valence-corrected chi connectivity index (χ0v) is 22.4. The fraction of sp³-hybridized carbons (Fsp3) is 0.250. The van der Waals surface area contributed by atoms with Crippen LogP contribution in [0.4, 0.5) is 14.7 Å². The number of rotatable bonds is 9. The molecule has 3 heterocycles. The highest BCUT2D eigenvalue weighted by molar-refractivity contribution is 7.77. The van der Waals surface area contributed by atoms with Gasteiger partial charge in [-0.25, -0.2) is 28.3 Å². The van der Waals surface area contributed by atoms with Gasteiger partial charge >= 0.3 is 0 Å². The van der Waals surface area contributed by atoms with E-state index in [1.165, 1.54) is 18.3 Å². The number of piperidine rings is 1. The molecule has 12 heteroatoms. The van der Waals surface area contributed by atoms with Crippen molar-refractivity contribution in [2.75, 3.05) is 25.5 Å². The van der Waals surface area contributed by atoms with Gasteiger partial charge in [0.15, 0.2) is 11.6 Å². The molecule has 1 unspecified atom stereocenters. The molecule has 1 fully saturated rings. The van der Waals surface area contributed by atoms with Gasteiger partial charge in [-0.15, -0.1) is 0 Å². The molecule has 9 nitrogen and oxygen atoms in total. The number of anilines is 1. The second-order valence-electron chi connectivity index (χ2n) is 9.46. The molecule has 2 aromatic heterocycles. The number of likely N-dealkylation sites (tertiary alicyclic amines) is 1. The van der Waals surface area contributed by atoms with Crippen LogP contribution in [0.1, 0.15) is 30.0 Å². The Morgan fingerprint density at radius 1 is 1.05 bits per heavy atom. The molecule has 4 aromatic rings. The first kappa shape index (κ1) is 27.7. The first-order chi connectivity index (χ1) is 19.4. The van der Waals surface area contributed by atoms with Gasteiger partial charge < -0.3 is 15.0 Å². The summed E-state index contributed by atoms with van der Waals surface area (Å²) >= 11 is -2.48. The third-order valence-corrected chi connectivity index (χ3v) is 7.04. The van der Waals surface area contributed by atoms with E-state index in [1.54, 1.807) is 54.7 Å². The van der Waals surface area contributed by atoms with Crippen LogP contribution < -0.4 is 14.8 Å². The van der Waals surface area contributed by atoms with Gasteiger partial charge in [-0.1, -0.05) is 36.4 Å². The molecule has 40 heavy (non-hydrogen) atoms. The van der Waals surface area contributed by atoms with Crippen LogP contribution in [-0.2, 0) is 11.3 Å². The molecule has 3 atom stereocenters. The average molecular weight is 567 g/mol. The van der Waals surface area contributed by atoms with E-state index in [0.717, 1.165) is 25.9 Å². The number of benzene rings is 2. The minimum atomic E-state index is -2.48. The lowest BCUT2D eigenvalue weighted by Crippen LogP contribution is -2.40. The smallest absolute Gasteiger partial charge is 0.232 e. The summed E-state index contributed by atoms with van der Waals surface area (Å²) < 4.78 is 59.7. The van der Waals surface area contributed by atoms with E-state index in [2.05, 4.69) is 36.9 Å². The lowest BCUT2D eigenvalue weighted by atomic mass is 9.99. The monoisotopic (exact) mass is 566 g/mol. The fourth-order valence-electron chi connectivity index (χ4n) is 4.72. The lowest BCUT2D eigenvalue weighted by Gasteiger charge is -2.30. The van der Waals surface area contributed by atoms with Gasteiger partial charge in [-0.05, 0) is 56.3 Å². The van der Waals surface area contributed by atoms with Gasteiger partial charge in [0.1, 0.15) is 0 Å². The molecule has 1 aliphatic heterocycles. The van der Waals surface area contributed by atoms with Crippen molar-refractivity contribution in [2.24, 2.45) is 0 Å². The Kier molecular flexibility index (Phi) is 8.70. The SMILES string of the molecule is CN1CCC[C@H](Nc2nccc(-c3cccnc3Oc3ccc([C@@H](NS(=O)O)c4ccccc4)c(F)c3F)n2)C1. The molecule has 0 spiro atoms. The van der Waals surface area contributed by atoms with Crippen molar-refractivity contribution in [1.82, 2.24) is 24.6 Å². The number of nitrogens with one attached hydrogen (secondary N) is 2. The first-order valence-corrected chi connectivity index (χ1v) is 13.8. The first-order valence-electron chi connectivity index (χ1n) is 12.7. The van der Waals surface area contributed by atoms with Gasteiger partial charge in [0.2, 0.25) is 28.9 Å². The highest BCUT2D eigenvalue weighted by Crippen LogP contribution is 2.35. The van der Waals surface area contributed by atoms with E-state index in [1.807, 2.05) is 0 Å². The molecule has 0 bridgehead atoms. The maximum absolute atomic E-state index is 15.3. The number of likely N-dealkylation sites (N-methyl/N-ethyl adjacent to an activating group) is 1. The summed E-state index contributed by atoms with van der Waals surface area (Å²) in [4.78, 5) is 15.4. The topological polar surface area (TPSA) is 112 Å². The van der Waals surface area contributed by atoms with Crippen molar-refractivity contribution >= 4 is 17.2 Å². The highest BCUT2D eigenvalue weighted by Gasteiger charge is 2.25. The summed E-state index contributed by atoms with van der Waals surface area (Å²) in [6.07, 6.45) is 5.18. The van der Waals surface area contributed by atoms with E-state index in [0.29, 0.717) is 22.8 Å². The maximum Gasteiger partial charge on any atom is 0.232 e. The molecule has 0 aliphatic carbocycles. The van der Waals surface area contributed by atoms with Crippen LogP contribution in [0.15, 0.2) is 73.1 Å². The van der Waals surface area contributed by atoms with E-state index in [9.17, 15) is 8.76 Å². The summed E-state index contributed by atoms with van der Waals surface area (Å²) in [6.45, 7) is 1.93. The molecule has 1 saturated heterocycles. The molecule has 0 amide bonds. The van der Waals surface area contributed by atoms with Crippen LogP contribution >= 0.6 is 0 Å². The van der Waals surface area contributed by atoms with E-state index in [-0.39, 0.29) is 17.5 Å². The minimum absolute atomic E-state index is 0.0322. The van der Waals surface area contributed by atoms with Crippen LogP contribution in [-0.4, -0.2) is 54.8 Å². The summed E-state index contributed by atoms with van der Waals surface area (Å²) in [6, 6.07) is 15.2. The molecule has 0 saturated carbocycles. The van der Waals surface area contributed by atoms with Crippen molar-refractivity contribution in [3.8, 4) is 22.9 Å². The van der Waals surface area contributed by atoms with Gasteiger partial charge in [0.05, 0.1) is 17.3 Å². The van der Waals surface area contributed by atoms with Crippen LogP contribution in [0.25, 0.3) is 11.3 Å². The maximum atomic E-state index is 15.3. The lowest BCUT2D eigenvalue weighted by molar-refractivity contribution is 0.260. The van der Waals surface area contributed by atoms with Crippen molar-refractivity contribution in [3.63, 3.8) is 0 Å². The van der Waals surface area contributed by atoms with Crippen molar-refractivity contribution in [1.29, 1.82) is 0 Å². The van der Waals surface area contributed by atoms with Gasteiger partial charge in [0, 0.05) is 30.5 Å². The number of nitrogens with zero attached hydrogens (tertiary/aromatic N) is 4. The van der Waals surface area contributed by atoms with Gasteiger partial charge in [0.25, 0.3) is 0 Å². The number of hydrogen-bond acceptors (Lipinski definition) is 7. The number of hydrogen-bond donors (Lipinski definition) is 3. The molecule has 208 valence electrons. The zero-order valence-electron chi connectivity index (χ0n) is 21.6. The zero-order chi connectivity index (χ0) is 28.1. The van der Waals surface area contributed by atoms with E-state index in [4.69, 9.17) is 4.74 Å². The summed E-state index contributed by atoms with van der Waals surface area (Å²) in [5, 5.41) is 3.37. The highest BCUT2D eigenvalue weighted by atomic mass is 32.2. The Balaban J connectivity index is 1.42. The Morgan fingerprint density at radius 3 is 2.65 bits per heavy atom. The standard InChI is InChI=1S/C28H28F2N6O3S/c1-36-16-6-9-19(17-36)33-28-32-15-13-22(34-28)20-10-5-14-31-27(20)39-23-12-11-21(24(29)25(23)30)26(35-40(37)38)18-7-3-2-4-8-18/h2-5,7-8,10-15,19,26,35H,6,9,16-17H2,1H3,(H,37,38)(H,32,33,34)/t19-,26-/m0/s1. The Hall–Kier alpha value is -3.84. The van der Waals surface area contributed by atoms with Crippen molar-refractivity contribution in [2.45, 2.75) is 24.9 Å². The largest absolute Gasteiger partial charge is 0.435 e. The Bertz CT molecular complexity index is 1500. The number of aromatic nitrogens is 3. The van der Waals surface area contributed by atoms with Crippen molar-refractivity contribution in [3.05, 3.63) is 95.8 Å². The average Bonchev–Trinajstić information content (AvgIpc) is 2.95. The summed E-state index contributed by atoms with van der Waals surface area (Å²) in [5.41, 5.74) is 1.30.